The molecule has 3 rings (SSSR count). The molecule has 4 amide bonds. The van der Waals surface area contributed by atoms with Gasteiger partial charge in [0, 0.05) is 0 Å². The number of anilines is 1. The minimum Gasteiger partial charge on any atom is -0.494 e. The molecule has 0 aliphatic carbocycles. The summed E-state index contributed by atoms with van der Waals surface area (Å²) in [7, 11) is 0. The number of hydrogen-bond donors (Lipinski definition) is 1. The number of barbiturate groups is 1. The molecular formula is C24H26N2O6. The first-order valence-corrected chi connectivity index (χ1v) is 10.5. The molecule has 0 unspecified atom stereocenters. The fraction of sp³-hybridized carbons (Fsp3) is 0.292. The minimum atomic E-state index is -0.805. The van der Waals surface area contributed by atoms with Gasteiger partial charge in [-0.3, -0.25) is 14.9 Å². The van der Waals surface area contributed by atoms with E-state index in [0.29, 0.717) is 48.3 Å². The Morgan fingerprint density at radius 3 is 2.22 bits per heavy atom. The third-order valence-corrected chi connectivity index (χ3v) is 4.55. The summed E-state index contributed by atoms with van der Waals surface area (Å²) in [4.78, 5) is 38.8. The second-order valence-corrected chi connectivity index (χ2v) is 6.87. The maximum atomic E-state index is 13.1. The van der Waals surface area contributed by atoms with Crippen LogP contribution in [0.3, 0.4) is 0 Å². The molecule has 32 heavy (non-hydrogen) atoms. The van der Waals surface area contributed by atoms with Gasteiger partial charge in [0.1, 0.15) is 11.3 Å². The molecule has 1 aliphatic rings. The van der Waals surface area contributed by atoms with Crippen molar-refractivity contribution in [3.05, 3.63) is 53.6 Å². The zero-order valence-electron chi connectivity index (χ0n) is 18.3. The van der Waals surface area contributed by atoms with E-state index < -0.39 is 17.8 Å². The molecule has 1 heterocycles. The van der Waals surface area contributed by atoms with Crippen molar-refractivity contribution in [2.75, 3.05) is 24.7 Å². The number of nitrogens with zero attached hydrogens (tertiary/aromatic N) is 1. The Balaban J connectivity index is 1.91. The maximum Gasteiger partial charge on any atom is 0.335 e. The summed E-state index contributed by atoms with van der Waals surface area (Å²) in [5.74, 6) is 0.227. The first-order chi connectivity index (χ1) is 15.5. The fourth-order valence-electron chi connectivity index (χ4n) is 3.13. The van der Waals surface area contributed by atoms with E-state index >= 15 is 0 Å². The summed E-state index contributed by atoms with van der Waals surface area (Å²) < 4.78 is 16.7. The number of rotatable bonds is 9. The van der Waals surface area contributed by atoms with E-state index in [1.165, 1.54) is 6.08 Å². The summed E-state index contributed by atoms with van der Waals surface area (Å²) in [6.45, 7) is 7.18. The van der Waals surface area contributed by atoms with E-state index in [9.17, 15) is 14.4 Å². The summed E-state index contributed by atoms with van der Waals surface area (Å²) in [5.41, 5.74) is 0.729. The SMILES string of the molecule is CCCOc1ccc(N2C(=O)NC(=O)/C(=C/c3ccc(OCC)c(OCC)c3)C2=O)cc1. The predicted molar refractivity (Wildman–Crippen MR) is 120 cm³/mol. The highest BCUT2D eigenvalue weighted by atomic mass is 16.5. The summed E-state index contributed by atoms with van der Waals surface area (Å²) in [5, 5.41) is 2.22. The quantitative estimate of drug-likeness (QED) is 0.471. The number of imide groups is 2. The van der Waals surface area contributed by atoms with Gasteiger partial charge in [-0.1, -0.05) is 13.0 Å². The monoisotopic (exact) mass is 438 g/mol. The highest BCUT2D eigenvalue weighted by Crippen LogP contribution is 2.30. The number of nitrogens with one attached hydrogen (secondary N) is 1. The molecular weight excluding hydrogens is 412 g/mol. The van der Waals surface area contributed by atoms with Gasteiger partial charge in [0.2, 0.25) is 0 Å². The van der Waals surface area contributed by atoms with Crippen molar-refractivity contribution in [2.45, 2.75) is 27.2 Å². The number of carbonyl (C=O) groups is 3. The van der Waals surface area contributed by atoms with Gasteiger partial charge in [0.15, 0.2) is 11.5 Å². The minimum absolute atomic E-state index is 0.164. The van der Waals surface area contributed by atoms with Crippen LogP contribution >= 0.6 is 0 Å². The Kier molecular flexibility index (Phi) is 7.49. The van der Waals surface area contributed by atoms with E-state index in [1.54, 1.807) is 42.5 Å². The van der Waals surface area contributed by atoms with Crippen molar-refractivity contribution in [2.24, 2.45) is 0 Å². The van der Waals surface area contributed by atoms with Crippen LogP contribution in [0.15, 0.2) is 48.0 Å². The van der Waals surface area contributed by atoms with Gasteiger partial charge in [0.25, 0.3) is 11.8 Å². The molecule has 0 saturated carbocycles. The van der Waals surface area contributed by atoms with Crippen molar-refractivity contribution >= 4 is 29.6 Å². The van der Waals surface area contributed by atoms with Crippen LogP contribution in [0.1, 0.15) is 32.8 Å². The highest BCUT2D eigenvalue weighted by molar-refractivity contribution is 6.39. The largest absolute Gasteiger partial charge is 0.494 e. The average Bonchev–Trinajstić information content (AvgIpc) is 2.78. The Morgan fingerprint density at radius 2 is 1.56 bits per heavy atom. The van der Waals surface area contributed by atoms with Crippen molar-refractivity contribution < 1.29 is 28.6 Å². The molecule has 1 N–H and O–H groups in total. The Hall–Kier alpha value is -3.81. The molecule has 168 valence electrons. The van der Waals surface area contributed by atoms with Crippen LogP contribution in [0.5, 0.6) is 17.2 Å². The van der Waals surface area contributed by atoms with Crippen LogP contribution in [0.4, 0.5) is 10.5 Å². The zero-order chi connectivity index (χ0) is 23.1. The van der Waals surface area contributed by atoms with Crippen molar-refractivity contribution in [1.82, 2.24) is 5.32 Å². The second kappa shape index (κ2) is 10.5. The van der Waals surface area contributed by atoms with Crippen LogP contribution in [0.2, 0.25) is 0 Å². The lowest BCUT2D eigenvalue weighted by Gasteiger charge is -2.26. The highest BCUT2D eigenvalue weighted by Gasteiger charge is 2.36. The fourth-order valence-corrected chi connectivity index (χ4v) is 3.13. The van der Waals surface area contributed by atoms with Gasteiger partial charge in [-0.2, -0.15) is 0 Å². The Labute approximate surface area is 186 Å². The maximum absolute atomic E-state index is 13.1. The van der Waals surface area contributed by atoms with Crippen LogP contribution in [-0.4, -0.2) is 37.7 Å². The van der Waals surface area contributed by atoms with Gasteiger partial charge in [0.05, 0.1) is 25.5 Å². The number of amides is 4. The van der Waals surface area contributed by atoms with E-state index in [1.807, 2.05) is 20.8 Å². The van der Waals surface area contributed by atoms with Crippen molar-refractivity contribution in [1.29, 1.82) is 0 Å². The van der Waals surface area contributed by atoms with Crippen molar-refractivity contribution in [3.8, 4) is 17.2 Å². The third kappa shape index (κ3) is 5.08. The van der Waals surface area contributed by atoms with Gasteiger partial charge in [-0.15, -0.1) is 0 Å². The average molecular weight is 438 g/mol. The summed E-state index contributed by atoms with van der Waals surface area (Å²) in [6, 6.07) is 10.8. The van der Waals surface area contributed by atoms with E-state index in [4.69, 9.17) is 14.2 Å². The van der Waals surface area contributed by atoms with Gasteiger partial charge in [-0.05, 0) is 68.3 Å². The molecule has 0 atom stereocenters. The number of benzene rings is 2. The Morgan fingerprint density at radius 1 is 0.875 bits per heavy atom. The molecule has 0 radical (unpaired) electrons. The normalized spacial score (nSPS) is 15.0. The second-order valence-electron chi connectivity index (χ2n) is 6.87. The lowest BCUT2D eigenvalue weighted by molar-refractivity contribution is -0.122. The van der Waals surface area contributed by atoms with E-state index in [2.05, 4.69) is 5.32 Å². The van der Waals surface area contributed by atoms with Crippen molar-refractivity contribution in [3.63, 3.8) is 0 Å². The number of urea groups is 1. The lowest BCUT2D eigenvalue weighted by Crippen LogP contribution is -2.54. The molecule has 2 aromatic carbocycles. The standard InChI is InChI=1S/C24H26N2O6/c1-4-13-32-18-10-8-17(9-11-18)26-23(28)19(22(27)25-24(26)29)14-16-7-12-20(30-5-2)21(15-16)31-6-3/h7-12,14-15H,4-6,13H2,1-3H3,(H,25,27,29)/b19-14-. The number of ether oxygens (including phenoxy) is 3. The molecule has 8 nitrogen and oxygen atoms in total. The van der Waals surface area contributed by atoms with Crippen LogP contribution in [-0.2, 0) is 9.59 Å². The molecule has 0 aromatic heterocycles. The van der Waals surface area contributed by atoms with Gasteiger partial charge in [-0.25, -0.2) is 9.69 Å². The molecule has 2 aromatic rings. The van der Waals surface area contributed by atoms with E-state index in [0.717, 1.165) is 11.3 Å². The molecule has 0 spiro atoms. The molecule has 1 fully saturated rings. The van der Waals surface area contributed by atoms with E-state index in [-0.39, 0.29) is 5.57 Å². The first kappa shape index (κ1) is 22.9. The molecule has 1 aliphatic heterocycles. The van der Waals surface area contributed by atoms with Crippen LogP contribution in [0.25, 0.3) is 6.08 Å². The summed E-state index contributed by atoms with van der Waals surface area (Å²) in [6.07, 6.45) is 2.29. The third-order valence-electron chi connectivity index (χ3n) is 4.55. The molecule has 8 heteroatoms. The number of carbonyl (C=O) groups excluding carboxylic acids is 3. The molecule has 0 bridgehead atoms. The van der Waals surface area contributed by atoms with Crippen LogP contribution in [0, 0.1) is 0 Å². The lowest BCUT2D eigenvalue weighted by atomic mass is 10.1. The number of hydrogen-bond acceptors (Lipinski definition) is 6. The topological polar surface area (TPSA) is 94.2 Å². The molecule has 1 saturated heterocycles. The predicted octanol–water partition coefficient (Wildman–Crippen LogP) is 3.94. The zero-order valence-corrected chi connectivity index (χ0v) is 18.3. The summed E-state index contributed by atoms with van der Waals surface area (Å²) >= 11 is 0. The first-order valence-electron chi connectivity index (χ1n) is 10.5. The van der Waals surface area contributed by atoms with Gasteiger partial charge >= 0.3 is 6.03 Å². The smallest absolute Gasteiger partial charge is 0.335 e. The van der Waals surface area contributed by atoms with Gasteiger partial charge < -0.3 is 14.2 Å². The van der Waals surface area contributed by atoms with Crippen LogP contribution < -0.4 is 24.4 Å². The Bertz CT molecular complexity index is 1030.